The molecule has 0 aromatic heterocycles. The standard InChI is InChI=1S/C18H22N2O5/c1-13-6-5-7-14(2)19(13)17(21)12-25-18(22)11-10-15-8-3-4-9-16(15)20(23)24/h3-4,8-11,13-14H,5-7,12H2,1-2H3/b11-10+/t13-,14-/m0/s1. The fraction of sp³-hybridized carbons (Fsp3) is 0.444. The van der Waals surface area contributed by atoms with Crippen LogP contribution in [0.4, 0.5) is 5.69 Å². The van der Waals surface area contributed by atoms with Crippen LogP contribution in [0.15, 0.2) is 30.3 Å². The number of nitrogens with zero attached hydrogens (tertiary/aromatic N) is 2. The number of amides is 1. The van der Waals surface area contributed by atoms with Gasteiger partial charge in [-0.1, -0.05) is 12.1 Å². The van der Waals surface area contributed by atoms with Crippen molar-refractivity contribution >= 4 is 23.6 Å². The molecule has 2 rings (SSSR count). The monoisotopic (exact) mass is 346 g/mol. The van der Waals surface area contributed by atoms with Gasteiger partial charge in [0.05, 0.1) is 10.5 Å². The van der Waals surface area contributed by atoms with E-state index in [1.807, 2.05) is 13.8 Å². The fourth-order valence-electron chi connectivity index (χ4n) is 3.12. The molecule has 1 aliphatic heterocycles. The molecule has 1 heterocycles. The number of esters is 1. The summed E-state index contributed by atoms with van der Waals surface area (Å²) < 4.78 is 4.99. The molecule has 0 unspecified atom stereocenters. The minimum atomic E-state index is -0.705. The molecule has 1 aromatic carbocycles. The van der Waals surface area contributed by atoms with Gasteiger partial charge in [0.1, 0.15) is 0 Å². The lowest BCUT2D eigenvalue weighted by atomic mass is 9.97. The first-order valence-electron chi connectivity index (χ1n) is 8.29. The third-order valence-corrected chi connectivity index (χ3v) is 4.35. The van der Waals surface area contributed by atoms with Gasteiger partial charge < -0.3 is 9.64 Å². The number of hydrogen-bond acceptors (Lipinski definition) is 5. The zero-order valence-corrected chi connectivity index (χ0v) is 14.4. The summed E-state index contributed by atoms with van der Waals surface area (Å²) in [6, 6.07) is 6.35. The molecule has 7 nitrogen and oxygen atoms in total. The van der Waals surface area contributed by atoms with Crippen LogP contribution in [0.25, 0.3) is 6.08 Å². The number of hydrogen-bond donors (Lipinski definition) is 0. The lowest BCUT2D eigenvalue weighted by Crippen LogP contribution is -2.49. The largest absolute Gasteiger partial charge is 0.452 e. The first-order valence-corrected chi connectivity index (χ1v) is 8.29. The molecule has 2 atom stereocenters. The smallest absolute Gasteiger partial charge is 0.331 e. The van der Waals surface area contributed by atoms with Crippen molar-refractivity contribution in [2.24, 2.45) is 0 Å². The van der Waals surface area contributed by atoms with Crippen LogP contribution in [-0.4, -0.2) is 40.4 Å². The Morgan fingerprint density at radius 1 is 1.28 bits per heavy atom. The third-order valence-electron chi connectivity index (χ3n) is 4.35. The van der Waals surface area contributed by atoms with E-state index in [0.29, 0.717) is 5.56 Å². The van der Waals surface area contributed by atoms with Crippen LogP contribution in [0.2, 0.25) is 0 Å². The van der Waals surface area contributed by atoms with Crippen molar-refractivity contribution in [3.05, 3.63) is 46.0 Å². The van der Waals surface area contributed by atoms with Crippen molar-refractivity contribution in [2.45, 2.75) is 45.2 Å². The average molecular weight is 346 g/mol. The Morgan fingerprint density at radius 2 is 1.92 bits per heavy atom. The summed E-state index contributed by atoms with van der Waals surface area (Å²) in [6.07, 6.45) is 5.39. The van der Waals surface area contributed by atoms with Gasteiger partial charge in [-0.05, 0) is 45.3 Å². The molecule has 134 valence electrons. The summed E-state index contributed by atoms with van der Waals surface area (Å²) in [6.45, 7) is 3.66. The maximum Gasteiger partial charge on any atom is 0.331 e. The van der Waals surface area contributed by atoms with Gasteiger partial charge in [0.25, 0.3) is 11.6 Å². The van der Waals surface area contributed by atoms with Crippen LogP contribution in [0.1, 0.15) is 38.7 Å². The van der Waals surface area contributed by atoms with E-state index in [1.54, 1.807) is 17.0 Å². The van der Waals surface area contributed by atoms with Gasteiger partial charge in [-0.25, -0.2) is 4.79 Å². The topological polar surface area (TPSA) is 89.8 Å². The van der Waals surface area contributed by atoms with Gasteiger partial charge in [0.2, 0.25) is 0 Å². The number of carbonyl (C=O) groups excluding carboxylic acids is 2. The lowest BCUT2D eigenvalue weighted by Gasteiger charge is -2.38. The Hall–Kier alpha value is -2.70. The Balaban J connectivity index is 1.92. The Bertz CT molecular complexity index is 676. The maximum absolute atomic E-state index is 12.3. The van der Waals surface area contributed by atoms with Crippen molar-refractivity contribution in [1.82, 2.24) is 4.90 Å². The van der Waals surface area contributed by atoms with E-state index in [-0.39, 0.29) is 30.3 Å². The summed E-state index contributed by atoms with van der Waals surface area (Å²) in [5, 5.41) is 10.9. The molecule has 7 heteroatoms. The second-order valence-corrected chi connectivity index (χ2v) is 6.19. The number of ether oxygens (including phenoxy) is 1. The Morgan fingerprint density at radius 3 is 2.56 bits per heavy atom. The molecule has 0 saturated carbocycles. The number of likely N-dealkylation sites (tertiary alicyclic amines) is 1. The minimum absolute atomic E-state index is 0.0985. The molecule has 1 saturated heterocycles. The molecule has 1 aliphatic rings. The molecule has 0 spiro atoms. The first-order chi connectivity index (χ1) is 11.9. The fourth-order valence-corrected chi connectivity index (χ4v) is 3.12. The predicted molar refractivity (Wildman–Crippen MR) is 92.7 cm³/mol. The van der Waals surface area contributed by atoms with E-state index in [4.69, 9.17) is 4.74 Å². The quantitative estimate of drug-likeness (QED) is 0.354. The molecule has 0 bridgehead atoms. The highest BCUT2D eigenvalue weighted by atomic mass is 16.6. The van der Waals surface area contributed by atoms with Crippen molar-refractivity contribution in [2.75, 3.05) is 6.61 Å². The lowest BCUT2D eigenvalue weighted by molar-refractivity contribution is -0.385. The third kappa shape index (κ3) is 4.89. The number of nitro benzene ring substituents is 1. The Kier molecular flexibility index (Phi) is 6.27. The highest BCUT2D eigenvalue weighted by molar-refractivity contribution is 5.90. The zero-order valence-electron chi connectivity index (χ0n) is 14.4. The second kappa shape index (κ2) is 8.41. The molecule has 0 radical (unpaired) electrons. The number of benzene rings is 1. The molecule has 1 aromatic rings. The van der Waals surface area contributed by atoms with Gasteiger partial charge in [0, 0.05) is 24.2 Å². The summed E-state index contributed by atoms with van der Waals surface area (Å²) in [4.78, 5) is 36.2. The summed E-state index contributed by atoms with van der Waals surface area (Å²) in [5.74, 6) is -0.920. The minimum Gasteiger partial charge on any atom is -0.452 e. The van der Waals surface area contributed by atoms with Crippen molar-refractivity contribution in [1.29, 1.82) is 0 Å². The van der Waals surface area contributed by atoms with Crippen LogP contribution in [0.3, 0.4) is 0 Å². The summed E-state index contributed by atoms with van der Waals surface area (Å²) in [7, 11) is 0. The molecule has 1 fully saturated rings. The van der Waals surface area contributed by atoms with Crippen molar-refractivity contribution in [3.63, 3.8) is 0 Å². The highest BCUT2D eigenvalue weighted by Crippen LogP contribution is 2.22. The van der Waals surface area contributed by atoms with Gasteiger partial charge >= 0.3 is 5.97 Å². The van der Waals surface area contributed by atoms with Crippen LogP contribution < -0.4 is 0 Å². The van der Waals surface area contributed by atoms with E-state index in [9.17, 15) is 19.7 Å². The van der Waals surface area contributed by atoms with Crippen LogP contribution >= 0.6 is 0 Å². The number of carbonyl (C=O) groups is 2. The SMILES string of the molecule is C[C@H]1CCC[C@H](C)N1C(=O)COC(=O)/C=C/c1ccccc1[N+](=O)[O-]. The van der Waals surface area contributed by atoms with E-state index in [1.165, 1.54) is 18.2 Å². The van der Waals surface area contributed by atoms with Crippen LogP contribution in [0.5, 0.6) is 0 Å². The normalized spacial score (nSPS) is 20.5. The second-order valence-electron chi connectivity index (χ2n) is 6.19. The highest BCUT2D eigenvalue weighted by Gasteiger charge is 2.29. The van der Waals surface area contributed by atoms with Gasteiger partial charge in [0.15, 0.2) is 6.61 Å². The van der Waals surface area contributed by atoms with Crippen LogP contribution in [-0.2, 0) is 14.3 Å². The van der Waals surface area contributed by atoms with Crippen molar-refractivity contribution < 1.29 is 19.2 Å². The zero-order chi connectivity index (χ0) is 18.4. The number of para-hydroxylation sites is 1. The number of nitro groups is 1. The summed E-state index contributed by atoms with van der Waals surface area (Å²) >= 11 is 0. The first kappa shape index (κ1) is 18.6. The van der Waals surface area contributed by atoms with Gasteiger partial charge in [-0.2, -0.15) is 0 Å². The molecular weight excluding hydrogens is 324 g/mol. The molecule has 0 aliphatic carbocycles. The van der Waals surface area contributed by atoms with Crippen LogP contribution in [0, 0.1) is 10.1 Å². The van der Waals surface area contributed by atoms with Gasteiger partial charge in [-0.3, -0.25) is 14.9 Å². The molecular formula is C18H22N2O5. The van der Waals surface area contributed by atoms with E-state index in [2.05, 4.69) is 0 Å². The Labute approximate surface area is 146 Å². The van der Waals surface area contributed by atoms with Gasteiger partial charge in [-0.15, -0.1) is 0 Å². The molecule has 25 heavy (non-hydrogen) atoms. The van der Waals surface area contributed by atoms with E-state index in [0.717, 1.165) is 25.3 Å². The molecule has 0 N–H and O–H groups in total. The predicted octanol–water partition coefficient (Wildman–Crippen LogP) is 2.94. The maximum atomic E-state index is 12.3. The number of rotatable bonds is 5. The summed E-state index contributed by atoms with van der Waals surface area (Å²) in [5.41, 5.74) is 0.202. The number of piperidine rings is 1. The van der Waals surface area contributed by atoms with E-state index >= 15 is 0 Å². The average Bonchev–Trinajstić information content (AvgIpc) is 2.58. The molecule has 1 amide bonds. The van der Waals surface area contributed by atoms with E-state index < -0.39 is 10.9 Å². The van der Waals surface area contributed by atoms with Crippen molar-refractivity contribution in [3.8, 4) is 0 Å².